The maximum atomic E-state index is 12.0. The molecule has 106 valence electrons. The number of rotatable bonds is 2. The summed E-state index contributed by atoms with van der Waals surface area (Å²) in [6, 6.07) is 10.9. The van der Waals surface area contributed by atoms with Gasteiger partial charge in [-0.15, -0.1) is 0 Å². The smallest absolute Gasteiger partial charge is 0.305 e. The highest BCUT2D eigenvalue weighted by Gasteiger charge is 2.28. The number of hydrogen-bond donors (Lipinski definition) is 0. The molecule has 1 aliphatic heterocycles. The second kappa shape index (κ2) is 5.10. The maximum absolute atomic E-state index is 12.0. The van der Waals surface area contributed by atoms with Crippen LogP contribution in [0.15, 0.2) is 41.4 Å². The number of carbonyl (C=O) groups excluding carboxylic acids is 1. The van der Waals surface area contributed by atoms with Crippen LogP contribution in [0.1, 0.15) is 11.1 Å². The number of carbonyl (C=O) groups is 1. The van der Waals surface area contributed by atoms with Crippen LogP contribution in [-0.2, 0) is 4.79 Å². The molecule has 6 nitrogen and oxygen atoms in total. The van der Waals surface area contributed by atoms with E-state index in [2.05, 4.69) is 4.99 Å². The highest BCUT2D eigenvalue weighted by molar-refractivity contribution is 7.19. The van der Waals surface area contributed by atoms with E-state index in [4.69, 9.17) is 0 Å². The molecule has 2 aromatic rings. The largest absolute Gasteiger partial charge is 0.326 e. The van der Waals surface area contributed by atoms with Gasteiger partial charge in [-0.1, -0.05) is 30.3 Å². The number of hydrogen-bond acceptors (Lipinski definition) is 5. The van der Waals surface area contributed by atoms with Crippen LogP contribution in [0, 0.1) is 10.1 Å². The molecule has 0 saturated heterocycles. The van der Waals surface area contributed by atoms with Crippen molar-refractivity contribution in [2.75, 3.05) is 18.5 Å². The maximum Gasteiger partial charge on any atom is 0.326 e. The van der Waals surface area contributed by atoms with E-state index in [-0.39, 0.29) is 17.5 Å². The number of thiophene rings is 1. The van der Waals surface area contributed by atoms with Crippen LogP contribution in [0.5, 0.6) is 0 Å². The number of amides is 1. The molecular formula is C14H11N3O3S. The summed E-state index contributed by atoms with van der Waals surface area (Å²) >= 11 is 0.992. The van der Waals surface area contributed by atoms with Crippen molar-refractivity contribution in [3.63, 3.8) is 0 Å². The van der Waals surface area contributed by atoms with Crippen molar-refractivity contribution in [2.45, 2.75) is 0 Å². The van der Waals surface area contributed by atoms with Crippen LogP contribution in [-0.4, -0.2) is 30.1 Å². The molecule has 7 heteroatoms. The summed E-state index contributed by atoms with van der Waals surface area (Å²) in [6.45, 7) is 0.0376. The molecule has 0 saturated carbocycles. The van der Waals surface area contributed by atoms with Gasteiger partial charge in [0, 0.05) is 24.2 Å². The molecule has 0 bridgehead atoms. The van der Waals surface area contributed by atoms with Crippen molar-refractivity contribution < 1.29 is 9.72 Å². The summed E-state index contributed by atoms with van der Waals surface area (Å²) in [5.41, 5.74) is 2.09. The van der Waals surface area contributed by atoms with Crippen molar-refractivity contribution in [2.24, 2.45) is 4.99 Å². The van der Waals surface area contributed by atoms with Crippen molar-refractivity contribution in [1.29, 1.82) is 0 Å². The highest BCUT2D eigenvalue weighted by Crippen LogP contribution is 2.38. The zero-order valence-corrected chi connectivity index (χ0v) is 12.0. The summed E-state index contributed by atoms with van der Waals surface area (Å²) in [5, 5.41) is 11.6. The predicted octanol–water partition coefficient (Wildman–Crippen LogP) is 2.47. The topological polar surface area (TPSA) is 75.8 Å². The van der Waals surface area contributed by atoms with Gasteiger partial charge in [-0.05, 0) is 11.3 Å². The molecule has 0 unspecified atom stereocenters. The minimum atomic E-state index is -0.444. The fraction of sp³-hybridized carbons (Fsp3) is 0.143. The minimum Gasteiger partial charge on any atom is -0.305 e. The van der Waals surface area contributed by atoms with E-state index in [0.717, 1.165) is 16.9 Å². The van der Waals surface area contributed by atoms with E-state index in [1.807, 2.05) is 30.3 Å². The monoisotopic (exact) mass is 301 g/mol. The number of likely N-dealkylation sites (N-methyl/N-ethyl adjacent to an activating group) is 1. The lowest BCUT2D eigenvalue weighted by Crippen LogP contribution is -2.26. The Kier molecular flexibility index (Phi) is 3.26. The minimum absolute atomic E-state index is 0.00480. The fourth-order valence-corrected chi connectivity index (χ4v) is 3.13. The van der Waals surface area contributed by atoms with Gasteiger partial charge >= 0.3 is 5.00 Å². The molecule has 0 spiro atoms. The van der Waals surface area contributed by atoms with Gasteiger partial charge in [-0.2, -0.15) is 0 Å². The number of fused-ring (bicyclic) bond motifs is 1. The van der Waals surface area contributed by atoms with Gasteiger partial charge in [0.05, 0.1) is 10.6 Å². The lowest BCUT2D eigenvalue weighted by Gasteiger charge is -2.12. The SMILES string of the molecule is CN1C(=O)CN=C(c2ccccc2)c2cc([N+](=O)[O-])sc21. The van der Waals surface area contributed by atoms with Gasteiger partial charge < -0.3 is 4.90 Å². The Morgan fingerprint density at radius 1 is 1.33 bits per heavy atom. The standard InChI is InChI=1S/C14H11N3O3S/c1-16-11(18)8-15-13(9-5-3-2-4-6-9)10-7-12(17(19)20)21-14(10)16/h2-7H,8H2,1H3. The third kappa shape index (κ3) is 2.31. The molecule has 2 heterocycles. The van der Waals surface area contributed by atoms with Crippen LogP contribution in [0.25, 0.3) is 0 Å². The quantitative estimate of drug-likeness (QED) is 0.631. The third-order valence-electron chi connectivity index (χ3n) is 3.23. The van der Waals surface area contributed by atoms with E-state index in [1.54, 1.807) is 7.05 Å². The van der Waals surface area contributed by atoms with Crippen LogP contribution < -0.4 is 4.90 Å². The number of anilines is 1. The van der Waals surface area contributed by atoms with Gasteiger partial charge in [0.1, 0.15) is 11.5 Å². The second-order valence-electron chi connectivity index (χ2n) is 4.54. The molecular weight excluding hydrogens is 290 g/mol. The first-order valence-electron chi connectivity index (χ1n) is 6.23. The Balaban J connectivity index is 2.21. The summed E-state index contributed by atoms with van der Waals surface area (Å²) in [5.74, 6) is -0.182. The molecule has 21 heavy (non-hydrogen) atoms. The molecule has 1 aromatic heterocycles. The molecule has 0 radical (unpaired) electrons. The fourth-order valence-electron chi connectivity index (χ4n) is 2.17. The summed E-state index contributed by atoms with van der Waals surface area (Å²) in [6.07, 6.45) is 0. The number of aliphatic imine (C=N–C) groups is 1. The molecule has 0 atom stereocenters. The van der Waals surface area contributed by atoms with Crippen LogP contribution in [0.4, 0.5) is 10.0 Å². The van der Waals surface area contributed by atoms with Gasteiger partial charge in [-0.3, -0.25) is 19.9 Å². The van der Waals surface area contributed by atoms with Crippen LogP contribution in [0.3, 0.4) is 0 Å². The lowest BCUT2D eigenvalue weighted by atomic mass is 10.0. The third-order valence-corrected chi connectivity index (χ3v) is 4.40. The Morgan fingerprint density at radius 2 is 2.05 bits per heavy atom. The Labute approximate surface area is 124 Å². The van der Waals surface area contributed by atoms with E-state index >= 15 is 0 Å². The van der Waals surface area contributed by atoms with E-state index in [9.17, 15) is 14.9 Å². The predicted molar refractivity (Wildman–Crippen MR) is 81.3 cm³/mol. The molecule has 3 rings (SSSR count). The molecule has 1 aromatic carbocycles. The average Bonchev–Trinajstić information content (AvgIpc) is 2.88. The van der Waals surface area contributed by atoms with Crippen molar-refractivity contribution in [3.05, 3.63) is 57.6 Å². The van der Waals surface area contributed by atoms with E-state index in [0.29, 0.717) is 16.3 Å². The summed E-state index contributed by atoms with van der Waals surface area (Å²) in [4.78, 5) is 28.3. The van der Waals surface area contributed by atoms with Gasteiger partial charge in [0.15, 0.2) is 0 Å². The zero-order valence-electron chi connectivity index (χ0n) is 11.1. The average molecular weight is 301 g/mol. The molecule has 0 aliphatic carbocycles. The second-order valence-corrected chi connectivity index (χ2v) is 5.55. The molecule has 1 aliphatic rings. The van der Waals surface area contributed by atoms with Gasteiger partial charge in [0.25, 0.3) is 0 Å². The van der Waals surface area contributed by atoms with Crippen molar-refractivity contribution in [1.82, 2.24) is 0 Å². The molecule has 0 N–H and O–H groups in total. The van der Waals surface area contributed by atoms with Crippen LogP contribution >= 0.6 is 11.3 Å². The van der Waals surface area contributed by atoms with Crippen molar-refractivity contribution in [3.8, 4) is 0 Å². The zero-order chi connectivity index (χ0) is 15.0. The Bertz CT molecular complexity index is 752. The first kappa shape index (κ1) is 13.4. The first-order valence-corrected chi connectivity index (χ1v) is 7.04. The van der Waals surface area contributed by atoms with E-state index in [1.165, 1.54) is 11.0 Å². The lowest BCUT2D eigenvalue weighted by molar-refractivity contribution is -0.380. The summed E-state index contributed by atoms with van der Waals surface area (Å²) < 4.78 is 0. The Morgan fingerprint density at radius 3 is 2.71 bits per heavy atom. The van der Waals surface area contributed by atoms with E-state index < -0.39 is 4.92 Å². The summed E-state index contributed by atoms with van der Waals surface area (Å²) in [7, 11) is 1.62. The normalized spacial score (nSPS) is 14.4. The van der Waals surface area contributed by atoms with Gasteiger partial charge in [-0.25, -0.2) is 0 Å². The Hall–Kier alpha value is -2.54. The molecule has 1 amide bonds. The van der Waals surface area contributed by atoms with Gasteiger partial charge in [0.2, 0.25) is 5.91 Å². The van der Waals surface area contributed by atoms with Crippen molar-refractivity contribution >= 4 is 33.0 Å². The van der Waals surface area contributed by atoms with Crippen LogP contribution in [0.2, 0.25) is 0 Å². The number of benzene rings is 1. The molecule has 0 fully saturated rings. The number of nitro groups is 1. The first-order chi connectivity index (χ1) is 10.1. The number of nitrogens with zero attached hydrogens (tertiary/aromatic N) is 3. The highest BCUT2D eigenvalue weighted by atomic mass is 32.1.